The van der Waals surface area contributed by atoms with Gasteiger partial charge in [-0.05, 0) is 20.8 Å². The van der Waals surface area contributed by atoms with Crippen LogP contribution in [-0.2, 0) is 14.1 Å². The lowest BCUT2D eigenvalue weighted by Crippen LogP contribution is -2.21. The maximum atomic E-state index is 12.2. The van der Waals surface area contributed by atoms with Crippen molar-refractivity contribution in [1.82, 2.24) is 29.3 Å². The number of amides is 2. The number of anilines is 2. The van der Waals surface area contributed by atoms with Crippen molar-refractivity contribution in [3.63, 3.8) is 0 Å². The molecule has 0 aliphatic heterocycles. The van der Waals surface area contributed by atoms with Gasteiger partial charge < -0.3 is 0 Å². The molecule has 0 saturated carbocycles. The van der Waals surface area contributed by atoms with E-state index in [9.17, 15) is 4.79 Å². The van der Waals surface area contributed by atoms with Crippen LogP contribution in [-0.4, -0.2) is 35.4 Å². The van der Waals surface area contributed by atoms with Crippen LogP contribution in [0.3, 0.4) is 0 Å². The van der Waals surface area contributed by atoms with Crippen molar-refractivity contribution < 1.29 is 4.79 Å². The molecular formula is C16H22N8O. The van der Waals surface area contributed by atoms with Gasteiger partial charge in [-0.2, -0.15) is 15.3 Å². The van der Waals surface area contributed by atoms with Crippen molar-refractivity contribution in [1.29, 1.82) is 0 Å². The van der Waals surface area contributed by atoms with E-state index in [0.717, 1.165) is 17.0 Å². The molecular weight excluding hydrogens is 320 g/mol. The fourth-order valence-corrected chi connectivity index (χ4v) is 2.61. The van der Waals surface area contributed by atoms with E-state index >= 15 is 0 Å². The molecule has 3 heterocycles. The molecule has 0 saturated heterocycles. The summed E-state index contributed by atoms with van der Waals surface area (Å²) in [5.74, 6) is 1.09. The summed E-state index contributed by atoms with van der Waals surface area (Å²) in [7, 11) is 3.62. The fourth-order valence-electron chi connectivity index (χ4n) is 2.61. The molecule has 0 aromatic carbocycles. The summed E-state index contributed by atoms with van der Waals surface area (Å²) in [6, 6.07) is 3.50. The molecule has 2 N–H and O–H groups in total. The van der Waals surface area contributed by atoms with E-state index < -0.39 is 0 Å². The summed E-state index contributed by atoms with van der Waals surface area (Å²) >= 11 is 0. The zero-order chi connectivity index (χ0) is 18.1. The molecule has 0 unspecified atom stereocenters. The molecule has 3 rings (SSSR count). The number of carbonyl (C=O) groups excluding carboxylic acids is 1. The van der Waals surface area contributed by atoms with Crippen LogP contribution in [0, 0.1) is 6.92 Å². The van der Waals surface area contributed by atoms with E-state index in [4.69, 9.17) is 0 Å². The third kappa shape index (κ3) is 3.54. The SMILES string of the molecule is Cc1cc(NC(=O)Nc2cc(-c3cnn(C)c3)nn2C)nn1C(C)C. The molecule has 0 bridgehead atoms. The van der Waals surface area contributed by atoms with Gasteiger partial charge in [0.1, 0.15) is 5.82 Å². The first-order valence-electron chi connectivity index (χ1n) is 8.00. The van der Waals surface area contributed by atoms with E-state index in [1.807, 2.05) is 44.8 Å². The first kappa shape index (κ1) is 16.7. The number of nitrogens with zero attached hydrogens (tertiary/aromatic N) is 6. The smallest absolute Gasteiger partial charge is 0.292 e. The quantitative estimate of drug-likeness (QED) is 0.762. The lowest BCUT2D eigenvalue weighted by Gasteiger charge is -2.07. The van der Waals surface area contributed by atoms with E-state index in [2.05, 4.69) is 25.9 Å². The lowest BCUT2D eigenvalue weighted by molar-refractivity contribution is 0.262. The molecule has 25 heavy (non-hydrogen) atoms. The number of hydrogen-bond donors (Lipinski definition) is 2. The number of carbonyl (C=O) groups is 1. The normalized spacial score (nSPS) is 11.1. The Hall–Kier alpha value is -3.10. The lowest BCUT2D eigenvalue weighted by atomic mass is 10.2. The molecule has 0 atom stereocenters. The predicted octanol–water partition coefficient (Wildman–Crippen LogP) is 2.55. The van der Waals surface area contributed by atoms with Gasteiger partial charge in [-0.15, -0.1) is 0 Å². The molecule has 0 radical (unpaired) electrons. The monoisotopic (exact) mass is 342 g/mol. The highest BCUT2D eigenvalue weighted by Gasteiger charge is 2.13. The van der Waals surface area contributed by atoms with Crippen LogP contribution < -0.4 is 10.6 Å². The average molecular weight is 342 g/mol. The molecule has 0 aliphatic carbocycles. The molecule has 2 amide bonds. The van der Waals surface area contributed by atoms with Crippen LogP contribution in [0.2, 0.25) is 0 Å². The van der Waals surface area contributed by atoms with Gasteiger partial charge in [-0.1, -0.05) is 0 Å². The molecule has 0 aliphatic rings. The Morgan fingerprint density at radius 2 is 1.92 bits per heavy atom. The molecule has 132 valence electrons. The molecule has 9 nitrogen and oxygen atoms in total. The number of aryl methyl sites for hydroxylation is 3. The molecule has 3 aromatic rings. The highest BCUT2D eigenvalue weighted by molar-refractivity contribution is 5.98. The van der Waals surface area contributed by atoms with Crippen molar-refractivity contribution in [2.75, 3.05) is 10.6 Å². The van der Waals surface area contributed by atoms with Crippen molar-refractivity contribution >= 4 is 17.7 Å². The van der Waals surface area contributed by atoms with Crippen LogP contribution in [0.15, 0.2) is 24.5 Å². The molecule has 3 aromatic heterocycles. The van der Waals surface area contributed by atoms with E-state index in [1.165, 1.54) is 0 Å². The number of nitrogens with one attached hydrogen (secondary N) is 2. The van der Waals surface area contributed by atoms with Gasteiger partial charge >= 0.3 is 6.03 Å². The number of rotatable bonds is 4. The summed E-state index contributed by atoms with van der Waals surface area (Å²) in [4.78, 5) is 12.2. The van der Waals surface area contributed by atoms with Gasteiger partial charge in [0.2, 0.25) is 0 Å². The Morgan fingerprint density at radius 3 is 2.52 bits per heavy atom. The minimum absolute atomic E-state index is 0.234. The van der Waals surface area contributed by atoms with Crippen LogP contribution >= 0.6 is 0 Å². The second kappa shape index (κ2) is 6.42. The topological polar surface area (TPSA) is 94.6 Å². The third-order valence-electron chi connectivity index (χ3n) is 3.78. The first-order chi connectivity index (χ1) is 11.8. The van der Waals surface area contributed by atoms with Gasteiger partial charge in [-0.3, -0.25) is 24.7 Å². The minimum Gasteiger partial charge on any atom is -0.292 e. The molecule has 0 fully saturated rings. The van der Waals surface area contributed by atoms with Gasteiger partial charge in [-0.25, -0.2) is 4.79 Å². The van der Waals surface area contributed by atoms with Crippen molar-refractivity contribution in [2.45, 2.75) is 26.8 Å². The number of hydrogen-bond acceptors (Lipinski definition) is 4. The summed E-state index contributed by atoms with van der Waals surface area (Å²) in [6.07, 6.45) is 3.60. The second-order valence-corrected chi connectivity index (χ2v) is 6.23. The Balaban J connectivity index is 1.71. The summed E-state index contributed by atoms with van der Waals surface area (Å²) in [5, 5.41) is 18.4. The maximum absolute atomic E-state index is 12.2. The highest BCUT2D eigenvalue weighted by Crippen LogP contribution is 2.21. The van der Waals surface area contributed by atoms with Crippen LogP contribution in [0.4, 0.5) is 16.4 Å². The summed E-state index contributed by atoms with van der Waals surface area (Å²) < 4.78 is 5.18. The van der Waals surface area contributed by atoms with Crippen molar-refractivity contribution in [2.24, 2.45) is 14.1 Å². The number of urea groups is 1. The number of aromatic nitrogens is 6. The molecule has 9 heteroatoms. The Bertz CT molecular complexity index is 901. The van der Waals surface area contributed by atoms with Crippen molar-refractivity contribution in [3.8, 4) is 11.3 Å². The van der Waals surface area contributed by atoms with Gasteiger partial charge in [0, 0.05) is 49.7 Å². The minimum atomic E-state index is -0.367. The summed E-state index contributed by atoms with van der Waals surface area (Å²) in [5.41, 5.74) is 2.62. The second-order valence-electron chi connectivity index (χ2n) is 6.23. The van der Waals surface area contributed by atoms with Gasteiger partial charge in [0.25, 0.3) is 0 Å². The molecule has 0 spiro atoms. The Kier molecular flexibility index (Phi) is 4.30. The Labute approximate surface area is 145 Å². The van der Waals surface area contributed by atoms with Gasteiger partial charge in [0.05, 0.1) is 11.9 Å². The van der Waals surface area contributed by atoms with E-state index in [1.54, 1.807) is 28.7 Å². The zero-order valence-corrected chi connectivity index (χ0v) is 15.0. The van der Waals surface area contributed by atoms with E-state index in [0.29, 0.717) is 11.6 Å². The predicted molar refractivity (Wildman–Crippen MR) is 95.4 cm³/mol. The fraction of sp³-hybridized carbons (Fsp3) is 0.375. The van der Waals surface area contributed by atoms with Crippen molar-refractivity contribution in [3.05, 3.63) is 30.2 Å². The Morgan fingerprint density at radius 1 is 1.16 bits per heavy atom. The average Bonchev–Trinajstić information content (AvgIpc) is 3.20. The van der Waals surface area contributed by atoms with Crippen LogP contribution in [0.25, 0.3) is 11.3 Å². The van der Waals surface area contributed by atoms with Gasteiger partial charge in [0.15, 0.2) is 5.82 Å². The maximum Gasteiger partial charge on any atom is 0.326 e. The zero-order valence-electron chi connectivity index (χ0n) is 15.0. The largest absolute Gasteiger partial charge is 0.326 e. The van der Waals surface area contributed by atoms with Crippen LogP contribution in [0.1, 0.15) is 25.6 Å². The standard InChI is InChI=1S/C16H22N8O/c1-10(2)24-11(3)6-14(21-24)18-16(25)19-15-7-13(20-23(15)5)12-8-17-22(4)9-12/h6-10H,1-5H3,(H2,18,19,21,25). The third-order valence-corrected chi connectivity index (χ3v) is 3.78. The van der Waals surface area contributed by atoms with Crippen LogP contribution in [0.5, 0.6) is 0 Å². The highest BCUT2D eigenvalue weighted by atomic mass is 16.2. The van der Waals surface area contributed by atoms with E-state index in [-0.39, 0.29) is 12.1 Å². The first-order valence-corrected chi connectivity index (χ1v) is 8.00. The summed E-state index contributed by atoms with van der Waals surface area (Å²) in [6.45, 7) is 6.04.